The normalized spacial score (nSPS) is 18.7. The van der Waals surface area contributed by atoms with Crippen LogP contribution in [0.5, 0.6) is 0 Å². The van der Waals surface area contributed by atoms with Crippen molar-refractivity contribution in [3.8, 4) is 0 Å². The summed E-state index contributed by atoms with van der Waals surface area (Å²) in [6, 6.07) is 2.67. The molecule has 8 nitrogen and oxygen atoms in total. The Labute approximate surface area is 200 Å². The minimum Gasteiger partial charge on any atom is -0.465 e. The van der Waals surface area contributed by atoms with Crippen molar-refractivity contribution in [2.75, 3.05) is 36.0 Å². The van der Waals surface area contributed by atoms with Crippen molar-refractivity contribution in [3.05, 3.63) is 46.6 Å². The van der Waals surface area contributed by atoms with Crippen molar-refractivity contribution in [2.45, 2.75) is 37.3 Å². The van der Waals surface area contributed by atoms with Gasteiger partial charge >= 0.3 is 6.09 Å². The number of fused-ring (bicyclic) bond motifs is 1. The number of thioether (sulfide) groups is 1. The molecule has 1 saturated heterocycles. The average molecular weight is 494 g/mol. The van der Waals surface area contributed by atoms with Crippen LogP contribution in [0.2, 0.25) is 5.02 Å². The molecule has 2 unspecified atom stereocenters. The lowest BCUT2D eigenvalue weighted by Crippen LogP contribution is -2.55. The van der Waals surface area contributed by atoms with Gasteiger partial charge in [0.05, 0.1) is 16.4 Å². The van der Waals surface area contributed by atoms with Gasteiger partial charge in [0.2, 0.25) is 5.91 Å². The molecule has 2 atom stereocenters. The van der Waals surface area contributed by atoms with Gasteiger partial charge in [-0.3, -0.25) is 9.69 Å². The summed E-state index contributed by atoms with van der Waals surface area (Å²) in [5.74, 6) is 0.744. The molecule has 2 amide bonds. The maximum atomic E-state index is 13.9. The van der Waals surface area contributed by atoms with Crippen LogP contribution < -0.4 is 9.80 Å². The first-order valence-corrected chi connectivity index (χ1v) is 12.2. The second-order valence-corrected chi connectivity index (χ2v) is 9.60. The minimum absolute atomic E-state index is 0.0588. The third-order valence-electron chi connectivity index (χ3n) is 6.08. The fourth-order valence-electron chi connectivity index (χ4n) is 4.35. The summed E-state index contributed by atoms with van der Waals surface area (Å²) in [4.78, 5) is 38.7. The van der Waals surface area contributed by atoms with Gasteiger partial charge in [-0.05, 0) is 31.5 Å². The number of nitrogens with zero attached hydrogens (tertiary/aromatic N) is 5. The van der Waals surface area contributed by atoms with Crippen molar-refractivity contribution in [2.24, 2.45) is 0 Å². The molecule has 2 aromatic rings. The molecule has 0 saturated carbocycles. The van der Waals surface area contributed by atoms with E-state index in [0.29, 0.717) is 31.4 Å². The number of hydrogen-bond donors (Lipinski definition) is 1. The molecule has 0 bridgehead atoms. The summed E-state index contributed by atoms with van der Waals surface area (Å²) in [6.07, 6.45) is 1.27. The molecule has 3 heterocycles. The Hall–Kier alpha value is -2.59. The standard InChI is InChI=1S/C22H25ClFN5O3S/c1-3-18-19-17(11-33-18)25-12-26-20(19)27-6-8-28(9-7-27)21(30)13(2)29(22(31)32)14-4-5-15(23)16(24)10-14/h4-5,10,12-13,18H,3,6-9,11H2,1-2H3,(H,31,32). The topological polar surface area (TPSA) is 89.9 Å². The fourth-order valence-corrected chi connectivity index (χ4v) is 5.70. The molecule has 1 fully saturated rings. The maximum absolute atomic E-state index is 13.9. The molecule has 4 rings (SSSR count). The van der Waals surface area contributed by atoms with E-state index in [0.717, 1.165) is 34.7 Å². The Bertz CT molecular complexity index is 1070. The van der Waals surface area contributed by atoms with Crippen LogP contribution in [0, 0.1) is 5.82 Å². The summed E-state index contributed by atoms with van der Waals surface area (Å²) < 4.78 is 13.9. The Morgan fingerprint density at radius 1 is 1.30 bits per heavy atom. The van der Waals surface area contributed by atoms with Gasteiger partial charge in [-0.15, -0.1) is 11.8 Å². The van der Waals surface area contributed by atoms with Crippen molar-refractivity contribution in [3.63, 3.8) is 0 Å². The Kier molecular flexibility index (Phi) is 6.94. The van der Waals surface area contributed by atoms with Gasteiger partial charge in [0.25, 0.3) is 0 Å². The molecule has 1 aromatic carbocycles. The highest BCUT2D eigenvalue weighted by Gasteiger charge is 2.34. The van der Waals surface area contributed by atoms with Crippen molar-refractivity contribution < 1.29 is 19.1 Å². The van der Waals surface area contributed by atoms with Crippen molar-refractivity contribution in [1.29, 1.82) is 0 Å². The lowest BCUT2D eigenvalue weighted by atomic mass is 10.1. The Balaban J connectivity index is 1.46. The summed E-state index contributed by atoms with van der Waals surface area (Å²) in [5, 5.41) is 9.97. The number of carboxylic acid groups (broad SMARTS) is 1. The number of aromatic nitrogens is 2. The van der Waals surface area contributed by atoms with Gasteiger partial charge in [-0.2, -0.15) is 0 Å². The zero-order valence-electron chi connectivity index (χ0n) is 18.4. The van der Waals surface area contributed by atoms with Gasteiger partial charge in [0.15, 0.2) is 0 Å². The molecule has 33 heavy (non-hydrogen) atoms. The van der Waals surface area contributed by atoms with E-state index in [1.165, 1.54) is 24.6 Å². The van der Waals surface area contributed by atoms with E-state index in [-0.39, 0.29) is 16.6 Å². The lowest BCUT2D eigenvalue weighted by Gasteiger charge is -2.38. The van der Waals surface area contributed by atoms with Crippen LogP contribution in [-0.4, -0.2) is 64.2 Å². The summed E-state index contributed by atoms with van der Waals surface area (Å²) >= 11 is 7.59. The van der Waals surface area contributed by atoms with E-state index in [1.807, 2.05) is 11.8 Å². The molecular weight excluding hydrogens is 469 g/mol. The highest BCUT2D eigenvalue weighted by Crippen LogP contribution is 2.46. The largest absolute Gasteiger partial charge is 0.465 e. The zero-order chi connectivity index (χ0) is 23.7. The number of benzene rings is 1. The van der Waals surface area contributed by atoms with Gasteiger partial charge in [-0.25, -0.2) is 19.2 Å². The van der Waals surface area contributed by atoms with E-state index >= 15 is 0 Å². The number of amides is 2. The van der Waals surface area contributed by atoms with Gasteiger partial charge in [0, 0.05) is 42.7 Å². The third kappa shape index (κ3) is 4.59. The van der Waals surface area contributed by atoms with Crippen molar-refractivity contribution >= 4 is 46.9 Å². The third-order valence-corrected chi connectivity index (χ3v) is 7.80. The second-order valence-electron chi connectivity index (χ2n) is 8.00. The van der Waals surface area contributed by atoms with Crippen molar-refractivity contribution in [1.82, 2.24) is 14.9 Å². The van der Waals surface area contributed by atoms with Crippen LogP contribution in [0.25, 0.3) is 0 Å². The number of halogens is 2. The molecule has 176 valence electrons. The number of anilines is 2. The first kappa shape index (κ1) is 23.6. The van der Waals surface area contributed by atoms with E-state index in [9.17, 15) is 19.1 Å². The van der Waals surface area contributed by atoms with Gasteiger partial charge in [-0.1, -0.05) is 18.5 Å². The Morgan fingerprint density at radius 3 is 2.67 bits per heavy atom. The highest BCUT2D eigenvalue weighted by molar-refractivity contribution is 7.99. The summed E-state index contributed by atoms with van der Waals surface area (Å²) in [5.41, 5.74) is 2.33. The second kappa shape index (κ2) is 9.72. The minimum atomic E-state index is -1.34. The molecule has 1 aromatic heterocycles. The molecule has 2 aliphatic rings. The quantitative estimate of drug-likeness (QED) is 0.668. The monoisotopic (exact) mass is 493 g/mol. The van der Waals surface area contributed by atoms with Crippen LogP contribution in [0.4, 0.5) is 20.7 Å². The number of piperazine rings is 1. The highest BCUT2D eigenvalue weighted by atomic mass is 35.5. The first-order chi connectivity index (χ1) is 15.8. The Morgan fingerprint density at radius 2 is 2.03 bits per heavy atom. The number of carbonyl (C=O) groups is 2. The fraction of sp³-hybridized carbons (Fsp3) is 0.455. The van der Waals surface area contributed by atoms with E-state index in [2.05, 4.69) is 21.8 Å². The number of rotatable bonds is 5. The zero-order valence-corrected chi connectivity index (χ0v) is 19.9. The summed E-state index contributed by atoms with van der Waals surface area (Å²) in [6.45, 7) is 5.72. The molecule has 0 spiro atoms. The van der Waals surface area contributed by atoms with E-state index < -0.39 is 18.0 Å². The predicted octanol–water partition coefficient (Wildman–Crippen LogP) is 4.19. The molecule has 11 heteroatoms. The van der Waals surface area contributed by atoms with Crippen LogP contribution in [0.3, 0.4) is 0 Å². The van der Waals surface area contributed by atoms with Crippen LogP contribution in [-0.2, 0) is 10.5 Å². The smallest absolute Gasteiger partial charge is 0.412 e. The summed E-state index contributed by atoms with van der Waals surface area (Å²) in [7, 11) is 0. The molecule has 0 aliphatic carbocycles. The lowest BCUT2D eigenvalue weighted by molar-refractivity contribution is -0.132. The molecule has 0 radical (unpaired) electrons. The number of hydrogen-bond acceptors (Lipinski definition) is 6. The first-order valence-electron chi connectivity index (χ1n) is 10.8. The van der Waals surface area contributed by atoms with Crippen LogP contribution in [0.15, 0.2) is 24.5 Å². The van der Waals surface area contributed by atoms with E-state index in [1.54, 1.807) is 11.2 Å². The number of carbonyl (C=O) groups excluding carboxylic acids is 1. The van der Waals surface area contributed by atoms with E-state index in [4.69, 9.17) is 11.6 Å². The van der Waals surface area contributed by atoms with Gasteiger partial charge in [0.1, 0.15) is 24.0 Å². The maximum Gasteiger partial charge on any atom is 0.412 e. The van der Waals surface area contributed by atoms with Gasteiger partial charge < -0.3 is 14.9 Å². The SMILES string of the molecule is CCC1SCc2ncnc(N3CCN(C(=O)C(C)N(C(=O)O)c4ccc(Cl)c(F)c4)CC3)c21. The van der Waals surface area contributed by atoms with Crippen LogP contribution >= 0.6 is 23.4 Å². The van der Waals surface area contributed by atoms with Crippen LogP contribution in [0.1, 0.15) is 36.8 Å². The molecule has 2 aliphatic heterocycles. The average Bonchev–Trinajstić information content (AvgIpc) is 3.24. The molecular formula is C22H25ClFN5O3S. The predicted molar refractivity (Wildman–Crippen MR) is 127 cm³/mol. The molecule has 1 N–H and O–H groups in total.